The fourth-order valence-electron chi connectivity index (χ4n) is 2.24. The summed E-state index contributed by atoms with van der Waals surface area (Å²) in [5, 5.41) is 0. The van der Waals surface area contributed by atoms with E-state index in [0.29, 0.717) is 18.8 Å². The molecule has 0 N–H and O–H groups in total. The molecule has 0 spiro atoms. The summed E-state index contributed by atoms with van der Waals surface area (Å²) in [7, 11) is 1.63. The normalized spacial score (nSPS) is 13.4. The first-order valence-electron chi connectivity index (χ1n) is 5.66. The van der Waals surface area contributed by atoms with E-state index in [1.54, 1.807) is 19.3 Å². The zero-order valence-electron chi connectivity index (χ0n) is 10.2. The largest absolute Gasteiger partial charge is 0.496 e. The van der Waals surface area contributed by atoms with Crippen molar-refractivity contribution < 1.29 is 14.3 Å². The number of carbonyl (C=O) groups is 1. The Labute approximate surface area is 101 Å². The smallest absolute Gasteiger partial charge is 0.167 e. The molecule has 0 saturated carbocycles. The van der Waals surface area contributed by atoms with Crippen molar-refractivity contribution in [3.05, 3.63) is 35.4 Å². The quantitative estimate of drug-likeness (QED) is 0.749. The molecule has 0 radical (unpaired) electrons. The first kappa shape index (κ1) is 11.7. The van der Waals surface area contributed by atoms with Crippen molar-refractivity contribution >= 4 is 5.78 Å². The number of rotatable bonds is 4. The zero-order chi connectivity index (χ0) is 12.4. The highest BCUT2D eigenvalue weighted by Gasteiger charge is 2.27. The van der Waals surface area contributed by atoms with Crippen LogP contribution in [0.2, 0.25) is 0 Å². The summed E-state index contributed by atoms with van der Waals surface area (Å²) >= 11 is 0. The van der Waals surface area contributed by atoms with Crippen LogP contribution in [0.15, 0.2) is 18.7 Å². The van der Waals surface area contributed by atoms with Gasteiger partial charge >= 0.3 is 0 Å². The summed E-state index contributed by atoms with van der Waals surface area (Å²) in [6.07, 6.45) is 3.01. The summed E-state index contributed by atoms with van der Waals surface area (Å²) in [5.74, 6) is 1.55. The van der Waals surface area contributed by atoms with Crippen LogP contribution in [-0.2, 0) is 6.42 Å². The van der Waals surface area contributed by atoms with E-state index in [1.807, 2.05) is 6.92 Å². The van der Waals surface area contributed by atoms with Crippen molar-refractivity contribution in [3.63, 3.8) is 0 Å². The van der Waals surface area contributed by atoms with Crippen LogP contribution in [0, 0.1) is 6.92 Å². The van der Waals surface area contributed by atoms with E-state index in [1.165, 1.54) is 0 Å². The zero-order valence-corrected chi connectivity index (χ0v) is 10.2. The molecule has 1 aliphatic carbocycles. The van der Waals surface area contributed by atoms with Crippen LogP contribution in [0.3, 0.4) is 0 Å². The monoisotopic (exact) mass is 232 g/mol. The second kappa shape index (κ2) is 4.62. The van der Waals surface area contributed by atoms with Crippen LogP contribution in [-0.4, -0.2) is 19.5 Å². The van der Waals surface area contributed by atoms with Crippen LogP contribution in [0.25, 0.3) is 0 Å². The molecule has 1 aromatic rings. The van der Waals surface area contributed by atoms with Crippen LogP contribution in [0.5, 0.6) is 11.5 Å². The Morgan fingerprint density at radius 3 is 2.82 bits per heavy atom. The molecule has 0 aromatic heterocycles. The van der Waals surface area contributed by atoms with E-state index in [9.17, 15) is 4.79 Å². The molecule has 90 valence electrons. The Hall–Kier alpha value is -1.77. The molecule has 0 amide bonds. The second-order valence-electron chi connectivity index (χ2n) is 4.08. The molecule has 0 saturated heterocycles. The summed E-state index contributed by atoms with van der Waals surface area (Å²) < 4.78 is 10.9. The Kier molecular flexibility index (Phi) is 3.18. The van der Waals surface area contributed by atoms with E-state index in [0.717, 1.165) is 28.9 Å². The fraction of sp³-hybridized carbons (Fsp3) is 0.357. The second-order valence-corrected chi connectivity index (χ2v) is 4.08. The maximum atomic E-state index is 11.9. The molecule has 17 heavy (non-hydrogen) atoms. The summed E-state index contributed by atoms with van der Waals surface area (Å²) in [6.45, 7) is 5.98. The van der Waals surface area contributed by atoms with E-state index in [2.05, 4.69) is 6.58 Å². The van der Waals surface area contributed by atoms with Gasteiger partial charge in [0.25, 0.3) is 0 Å². The third-order valence-electron chi connectivity index (χ3n) is 3.09. The van der Waals surface area contributed by atoms with Crippen LogP contribution in [0.1, 0.15) is 27.9 Å². The molecule has 3 heteroatoms. The van der Waals surface area contributed by atoms with Gasteiger partial charge in [-0.3, -0.25) is 4.79 Å². The molecule has 3 nitrogen and oxygen atoms in total. The van der Waals surface area contributed by atoms with Crippen LogP contribution >= 0.6 is 0 Å². The van der Waals surface area contributed by atoms with Gasteiger partial charge in [0.15, 0.2) is 5.78 Å². The maximum Gasteiger partial charge on any atom is 0.167 e. The average molecular weight is 232 g/mol. The first-order valence-corrected chi connectivity index (χ1v) is 5.66. The minimum absolute atomic E-state index is 0.157. The maximum absolute atomic E-state index is 11.9. The Morgan fingerprint density at radius 1 is 1.41 bits per heavy atom. The van der Waals surface area contributed by atoms with Crippen LogP contribution < -0.4 is 9.47 Å². The predicted octanol–water partition coefficient (Wildman–Crippen LogP) is 2.70. The van der Waals surface area contributed by atoms with Gasteiger partial charge < -0.3 is 9.47 Å². The third-order valence-corrected chi connectivity index (χ3v) is 3.09. The van der Waals surface area contributed by atoms with Gasteiger partial charge in [0.05, 0.1) is 12.7 Å². The molecule has 1 aliphatic rings. The lowest BCUT2D eigenvalue weighted by atomic mass is 10.0. The average Bonchev–Trinajstić information content (AvgIpc) is 2.72. The molecule has 2 rings (SSSR count). The standard InChI is InChI=1S/C14H16O3/c1-4-7-17-13-8-12(16-3)9(2)10-5-6-11(15)14(10)13/h4,8H,1,5-7H2,2-3H3. The fourth-order valence-corrected chi connectivity index (χ4v) is 2.24. The SMILES string of the molecule is C=CCOc1cc(OC)c(C)c2c1C(=O)CC2. The molecule has 0 unspecified atom stereocenters. The number of Topliss-reactive ketones (excluding diaryl/α,β-unsaturated/α-hetero) is 1. The highest BCUT2D eigenvalue weighted by atomic mass is 16.5. The number of carbonyl (C=O) groups excluding carboxylic acids is 1. The van der Waals surface area contributed by atoms with E-state index >= 15 is 0 Å². The third kappa shape index (κ3) is 1.93. The number of fused-ring (bicyclic) bond motifs is 1. The lowest BCUT2D eigenvalue weighted by molar-refractivity contribution is 0.0991. The topological polar surface area (TPSA) is 35.5 Å². The summed E-state index contributed by atoms with van der Waals surface area (Å²) in [4.78, 5) is 11.9. The lowest BCUT2D eigenvalue weighted by Gasteiger charge is -2.14. The number of ketones is 1. The Bertz CT molecular complexity index is 475. The highest BCUT2D eigenvalue weighted by Crippen LogP contribution is 2.38. The van der Waals surface area contributed by atoms with E-state index in [-0.39, 0.29) is 5.78 Å². The summed E-state index contributed by atoms with van der Waals surface area (Å²) in [5.41, 5.74) is 2.83. The first-order chi connectivity index (χ1) is 8.19. The van der Waals surface area contributed by atoms with Crippen molar-refractivity contribution in [1.29, 1.82) is 0 Å². The lowest BCUT2D eigenvalue weighted by Crippen LogP contribution is -2.03. The van der Waals surface area contributed by atoms with Crippen LogP contribution in [0.4, 0.5) is 0 Å². The van der Waals surface area contributed by atoms with Crippen molar-refractivity contribution in [3.8, 4) is 11.5 Å². The molecule has 0 bridgehead atoms. The van der Waals surface area contributed by atoms with Gasteiger partial charge in [0, 0.05) is 12.5 Å². The van der Waals surface area contributed by atoms with Gasteiger partial charge in [-0.05, 0) is 24.5 Å². The Morgan fingerprint density at radius 2 is 2.18 bits per heavy atom. The molecular weight excluding hydrogens is 216 g/mol. The molecule has 1 aromatic carbocycles. The molecule has 0 atom stereocenters. The van der Waals surface area contributed by atoms with E-state index in [4.69, 9.17) is 9.47 Å². The number of ether oxygens (including phenoxy) is 2. The van der Waals surface area contributed by atoms with Gasteiger partial charge in [-0.1, -0.05) is 12.7 Å². The van der Waals surface area contributed by atoms with Gasteiger partial charge in [0.1, 0.15) is 18.1 Å². The molecule has 0 heterocycles. The molecule has 0 aliphatic heterocycles. The van der Waals surface area contributed by atoms with Gasteiger partial charge in [-0.2, -0.15) is 0 Å². The molecule has 0 fully saturated rings. The minimum Gasteiger partial charge on any atom is -0.496 e. The van der Waals surface area contributed by atoms with Crippen molar-refractivity contribution in [2.24, 2.45) is 0 Å². The summed E-state index contributed by atoms with van der Waals surface area (Å²) in [6, 6.07) is 1.79. The Balaban J connectivity index is 2.54. The molecular formula is C14H16O3. The van der Waals surface area contributed by atoms with E-state index < -0.39 is 0 Å². The number of benzene rings is 1. The number of methoxy groups -OCH3 is 1. The highest BCUT2D eigenvalue weighted by molar-refractivity contribution is 6.03. The minimum atomic E-state index is 0.157. The van der Waals surface area contributed by atoms with Gasteiger partial charge in [-0.25, -0.2) is 0 Å². The van der Waals surface area contributed by atoms with Crippen molar-refractivity contribution in [1.82, 2.24) is 0 Å². The van der Waals surface area contributed by atoms with Crippen molar-refractivity contribution in [2.45, 2.75) is 19.8 Å². The number of hydrogen-bond donors (Lipinski definition) is 0. The predicted molar refractivity (Wildman–Crippen MR) is 66.1 cm³/mol. The number of hydrogen-bond acceptors (Lipinski definition) is 3. The van der Waals surface area contributed by atoms with Gasteiger partial charge in [-0.15, -0.1) is 0 Å². The van der Waals surface area contributed by atoms with Gasteiger partial charge in [0.2, 0.25) is 0 Å². The van der Waals surface area contributed by atoms with Crippen molar-refractivity contribution in [2.75, 3.05) is 13.7 Å².